The fourth-order valence-corrected chi connectivity index (χ4v) is 5.90. The second kappa shape index (κ2) is 9.60. The second-order valence-corrected chi connectivity index (χ2v) is 10.4. The average Bonchev–Trinajstić information content (AvgIpc) is 3.32. The summed E-state index contributed by atoms with van der Waals surface area (Å²) >= 11 is 0. The summed E-state index contributed by atoms with van der Waals surface area (Å²) in [6.45, 7) is 3.55. The van der Waals surface area contributed by atoms with Crippen molar-refractivity contribution >= 4 is 22.8 Å². The van der Waals surface area contributed by atoms with Gasteiger partial charge in [-0.2, -0.15) is 0 Å². The number of hydrogen-bond donors (Lipinski definition) is 5. The molecular formula is C28H28N2O11. The van der Waals surface area contributed by atoms with Crippen molar-refractivity contribution in [3.63, 3.8) is 0 Å². The van der Waals surface area contributed by atoms with Gasteiger partial charge in [0.05, 0.1) is 29.0 Å². The number of carbonyl (C=O) groups is 2. The topological polar surface area (TPSA) is 198 Å². The Kier molecular flexibility index (Phi) is 6.39. The lowest BCUT2D eigenvalue weighted by molar-refractivity contribution is -0.271. The minimum atomic E-state index is -1.93. The Morgan fingerprint density at radius 2 is 1.88 bits per heavy atom. The summed E-state index contributed by atoms with van der Waals surface area (Å²) in [6.07, 6.45) is -8.16. The maximum Gasteiger partial charge on any atom is 0.343 e. The summed E-state index contributed by atoms with van der Waals surface area (Å²) in [5.41, 5.74) is 1.37. The van der Waals surface area contributed by atoms with E-state index in [2.05, 4.69) is 0 Å². The highest BCUT2D eigenvalue weighted by molar-refractivity contribution is 5.90. The zero-order chi connectivity index (χ0) is 29.4. The maximum absolute atomic E-state index is 13.5. The summed E-state index contributed by atoms with van der Waals surface area (Å²) < 4.78 is 17.6. The van der Waals surface area contributed by atoms with Gasteiger partial charge in [-0.15, -0.1) is 0 Å². The molecule has 3 aliphatic heterocycles. The molecule has 2 aromatic heterocycles. The van der Waals surface area contributed by atoms with E-state index in [1.165, 1.54) is 6.07 Å². The Morgan fingerprint density at radius 1 is 1.12 bits per heavy atom. The molecule has 41 heavy (non-hydrogen) atoms. The van der Waals surface area contributed by atoms with Gasteiger partial charge in [0.2, 0.25) is 6.29 Å². The van der Waals surface area contributed by atoms with Gasteiger partial charge >= 0.3 is 11.9 Å². The first-order valence-electron chi connectivity index (χ1n) is 13.2. The Labute approximate surface area is 232 Å². The van der Waals surface area contributed by atoms with Gasteiger partial charge in [0.1, 0.15) is 30.7 Å². The fourth-order valence-electron chi connectivity index (χ4n) is 5.90. The number of esters is 1. The van der Waals surface area contributed by atoms with Crippen molar-refractivity contribution in [2.24, 2.45) is 0 Å². The van der Waals surface area contributed by atoms with Gasteiger partial charge in [0.25, 0.3) is 5.56 Å². The van der Waals surface area contributed by atoms with Crippen molar-refractivity contribution < 1.29 is 49.3 Å². The number of fused-ring (bicyclic) bond motifs is 5. The lowest BCUT2D eigenvalue weighted by atomic mass is 9.86. The number of cyclic esters (lactones) is 1. The van der Waals surface area contributed by atoms with Crippen LogP contribution in [0.4, 0.5) is 0 Å². The number of aliphatic hydroxyl groups is 4. The Hall–Kier alpha value is -3.88. The molecular weight excluding hydrogens is 540 g/mol. The number of aryl methyl sites for hydroxylation is 1. The SMILES string of the molecule is CCc1c2c(nc3ccc(OC4OC(C(=O)O)C(O)C(O)C4O)cc13)-c1cc3c(c(=O)n1C2)COC(=O)C3(O)CC. The van der Waals surface area contributed by atoms with Gasteiger partial charge in [0, 0.05) is 16.5 Å². The second-order valence-electron chi connectivity index (χ2n) is 10.4. The predicted molar refractivity (Wildman–Crippen MR) is 139 cm³/mol. The number of rotatable bonds is 5. The fraction of sp³-hybridized carbons (Fsp3) is 0.429. The molecule has 6 atom stereocenters. The van der Waals surface area contributed by atoms with E-state index in [0.29, 0.717) is 28.7 Å². The monoisotopic (exact) mass is 568 g/mol. The molecule has 0 aliphatic carbocycles. The summed E-state index contributed by atoms with van der Waals surface area (Å²) in [6, 6.07) is 6.47. The third kappa shape index (κ3) is 3.95. The molecule has 0 amide bonds. The van der Waals surface area contributed by atoms with Gasteiger partial charge in [0.15, 0.2) is 11.7 Å². The maximum atomic E-state index is 13.5. The number of ether oxygens (including phenoxy) is 3. The summed E-state index contributed by atoms with van der Waals surface area (Å²) in [4.78, 5) is 42.2. The molecule has 0 bridgehead atoms. The Balaban J connectivity index is 1.42. The third-order valence-electron chi connectivity index (χ3n) is 8.20. The number of carboxylic acid groups (broad SMARTS) is 1. The largest absolute Gasteiger partial charge is 0.479 e. The normalized spacial score (nSPS) is 28.5. The van der Waals surface area contributed by atoms with Crippen LogP contribution in [0.3, 0.4) is 0 Å². The van der Waals surface area contributed by atoms with Crippen LogP contribution in [0.2, 0.25) is 0 Å². The number of benzene rings is 1. The lowest BCUT2D eigenvalue weighted by Crippen LogP contribution is -2.61. The van der Waals surface area contributed by atoms with Crippen molar-refractivity contribution in [1.29, 1.82) is 0 Å². The van der Waals surface area contributed by atoms with Gasteiger partial charge < -0.3 is 44.3 Å². The highest BCUT2D eigenvalue weighted by Crippen LogP contribution is 2.41. The summed E-state index contributed by atoms with van der Waals surface area (Å²) in [5, 5.41) is 51.5. The number of aliphatic carboxylic acids is 1. The molecule has 13 heteroatoms. The third-order valence-corrected chi connectivity index (χ3v) is 8.20. The van der Waals surface area contributed by atoms with Crippen LogP contribution in [0.25, 0.3) is 22.3 Å². The van der Waals surface area contributed by atoms with E-state index in [-0.39, 0.29) is 42.0 Å². The van der Waals surface area contributed by atoms with E-state index in [1.807, 2.05) is 6.92 Å². The van der Waals surface area contributed by atoms with Crippen LogP contribution < -0.4 is 10.3 Å². The Bertz CT molecular complexity index is 1670. The van der Waals surface area contributed by atoms with Gasteiger partial charge in [-0.3, -0.25) is 4.79 Å². The smallest absolute Gasteiger partial charge is 0.343 e. The van der Waals surface area contributed by atoms with Crippen LogP contribution >= 0.6 is 0 Å². The average molecular weight is 569 g/mol. The Morgan fingerprint density at radius 3 is 2.56 bits per heavy atom. The van der Waals surface area contributed by atoms with Gasteiger partial charge in [-0.05, 0) is 42.7 Å². The van der Waals surface area contributed by atoms with Crippen LogP contribution in [-0.2, 0) is 44.2 Å². The molecule has 0 spiro atoms. The predicted octanol–water partition coefficient (Wildman–Crippen LogP) is -0.0870. The molecule has 6 unspecified atom stereocenters. The van der Waals surface area contributed by atoms with Crippen molar-refractivity contribution in [1.82, 2.24) is 9.55 Å². The number of aliphatic hydroxyl groups excluding tert-OH is 3. The van der Waals surface area contributed by atoms with E-state index < -0.39 is 48.2 Å². The van der Waals surface area contributed by atoms with Crippen molar-refractivity contribution in [2.75, 3.05) is 0 Å². The first-order valence-corrected chi connectivity index (χ1v) is 13.2. The summed E-state index contributed by atoms with van der Waals surface area (Å²) in [5.74, 6) is -2.13. The standard InChI is InChI=1S/C28H28N2O11/c1-3-12-13-7-11(40-26-22(33)20(31)21(32)23(41-26)25(35)36)5-6-17(13)29-19-14(12)9-30-18(19)8-16-15(24(30)34)10-39-27(37)28(16,38)4-2/h5-8,20-23,26,31-33,38H,3-4,9-10H2,1-2H3,(H,35,36). The number of carbonyl (C=O) groups excluding carboxylic acids is 1. The van der Waals surface area contributed by atoms with E-state index >= 15 is 0 Å². The molecule has 0 saturated carbocycles. The molecule has 13 nitrogen and oxygen atoms in total. The molecule has 5 heterocycles. The molecule has 1 fully saturated rings. The van der Waals surface area contributed by atoms with E-state index in [4.69, 9.17) is 19.2 Å². The zero-order valence-corrected chi connectivity index (χ0v) is 22.1. The molecule has 6 rings (SSSR count). The van der Waals surface area contributed by atoms with Crippen LogP contribution in [0, 0.1) is 0 Å². The van der Waals surface area contributed by atoms with Crippen molar-refractivity contribution in [3.8, 4) is 17.1 Å². The molecule has 0 radical (unpaired) electrons. The zero-order valence-electron chi connectivity index (χ0n) is 22.1. The quantitative estimate of drug-likeness (QED) is 0.201. The minimum absolute atomic E-state index is 0.0331. The number of pyridine rings is 2. The van der Waals surface area contributed by atoms with Crippen molar-refractivity contribution in [2.45, 2.75) is 76.1 Å². The molecule has 216 valence electrons. The van der Waals surface area contributed by atoms with E-state index in [1.54, 1.807) is 29.7 Å². The number of carboxylic acids is 1. The minimum Gasteiger partial charge on any atom is -0.479 e. The number of nitrogens with zero attached hydrogens (tertiary/aromatic N) is 2. The molecule has 1 saturated heterocycles. The highest BCUT2D eigenvalue weighted by Gasteiger charge is 2.48. The highest BCUT2D eigenvalue weighted by atomic mass is 16.7. The first kappa shape index (κ1) is 27.3. The molecule has 1 aromatic carbocycles. The first-order chi connectivity index (χ1) is 19.5. The lowest BCUT2D eigenvalue weighted by Gasteiger charge is -2.38. The van der Waals surface area contributed by atoms with E-state index in [0.717, 1.165) is 11.1 Å². The van der Waals surface area contributed by atoms with Crippen molar-refractivity contribution in [3.05, 3.63) is 56.9 Å². The molecule has 3 aromatic rings. The van der Waals surface area contributed by atoms with Crippen LogP contribution in [0.15, 0.2) is 29.1 Å². The van der Waals surface area contributed by atoms with Gasteiger partial charge in [-0.1, -0.05) is 13.8 Å². The van der Waals surface area contributed by atoms with Crippen LogP contribution in [-0.4, -0.2) is 77.7 Å². The van der Waals surface area contributed by atoms with E-state index in [9.17, 15) is 39.9 Å². The molecule has 3 aliphatic rings. The molecule has 5 N–H and O–H groups in total. The number of hydrogen-bond acceptors (Lipinski definition) is 11. The number of aromatic nitrogens is 2. The summed E-state index contributed by atoms with van der Waals surface area (Å²) in [7, 11) is 0. The van der Waals surface area contributed by atoms with Crippen LogP contribution in [0.1, 0.15) is 42.5 Å². The van der Waals surface area contributed by atoms with Crippen LogP contribution in [0.5, 0.6) is 5.75 Å². The van der Waals surface area contributed by atoms with Gasteiger partial charge in [-0.25, -0.2) is 14.6 Å².